The molecular formula is C17H29N3O. The summed E-state index contributed by atoms with van der Waals surface area (Å²) in [6.45, 7) is 9.45. The van der Waals surface area contributed by atoms with Gasteiger partial charge in [-0.2, -0.15) is 4.98 Å². The lowest BCUT2D eigenvalue weighted by Crippen LogP contribution is -2.29. The van der Waals surface area contributed by atoms with Gasteiger partial charge in [-0.3, -0.25) is 0 Å². The molecule has 4 heteroatoms. The highest BCUT2D eigenvalue weighted by Gasteiger charge is 2.24. The lowest BCUT2D eigenvalue weighted by molar-refractivity contribution is 0.0964. The summed E-state index contributed by atoms with van der Waals surface area (Å²) < 4.78 is 6.28. The lowest BCUT2D eigenvalue weighted by atomic mass is 9.88. The summed E-state index contributed by atoms with van der Waals surface area (Å²) in [5.41, 5.74) is 1.04. The van der Waals surface area contributed by atoms with E-state index in [0.29, 0.717) is 12.0 Å². The van der Waals surface area contributed by atoms with E-state index >= 15 is 0 Å². The number of ether oxygens (including phenoxy) is 1. The van der Waals surface area contributed by atoms with Crippen molar-refractivity contribution < 1.29 is 4.74 Å². The molecule has 1 aromatic heterocycles. The van der Waals surface area contributed by atoms with Crippen molar-refractivity contribution in [1.82, 2.24) is 9.97 Å². The Kier molecular flexibility index (Phi) is 5.83. The van der Waals surface area contributed by atoms with Crippen LogP contribution in [-0.4, -0.2) is 22.6 Å². The van der Waals surface area contributed by atoms with E-state index in [-0.39, 0.29) is 0 Å². The molecule has 1 aliphatic rings. The zero-order valence-electron chi connectivity index (χ0n) is 13.9. The van der Waals surface area contributed by atoms with Crippen LogP contribution in [-0.2, 0) is 6.42 Å². The monoisotopic (exact) mass is 291 g/mol. The third-order valence-corrected chi connectivity index (χ3v) is 4.26. The van der Waals surface area contributed by atoms with Crippen LogP contribution in [0.15, 0.2) is 0 Å². The molecule has 0 bridgehead atoms. The number of aromatic nitrogens is 2. The first kappa shape index (κ1) is 16.1. The SMILES string of the molecule is CCCc1nc(NCC)c(C)c(OC2CCCCC2C)n1. The van der Waals surface area contributed by atoms with Crippen molar-refractivity contribution in [1.29, 1.82) is 0 Å². The molecule has 0 amide bonds. The average molecular weight is 291 g/mol. The number of hydrogen-bond donors (Lipinski definition) is 1. The first-order valence-electron chi connectivity index (χ1n) is 8.43. The van der Waals surface area contributed by atoms with E-state index in [2.05, 4.69) is 43.0 Å². The highest BCUT2D eigenvalue weighted by atomic mass is 16.5. The van der Waals surface area contributed by atoms with Crippen LogP contribution in [0.2, 0.25) is 0 Å². The van der Waals surface area contributed by atoms with E-state index in [1.165, 1.54) is 19.3 Å². The Morgan fingerprint density at radius 3 is 2.62 bits per heavy atom. The fraction of sp³-hybridized carbons (Fsp3) is 0.765. The summed E-state index contributed by atoms with van der Waals surface area (Å²) >= 11 is 0. The molecular weight excluding hydrogens is 262 g/mol. The molecule has 2 rings (SSSR count). The molecule has 1 aromatic rings. The van der Waals surface area contributed by atoms with Crippen molar-refractivity contribution in [2.75, 3.05) is 11.9 Å². The average Bonchev–Trinajstić information content (AvgIpc) is 2.46. The summed E-state index contributed by atoms with van der Waals surface area (Å²) in [6, 6.07) is 0. The highest BCUT2D eigenvalue weighted by Crippen LogP contribution is 2.30. The maximum Gasteiger partial charge on any atom is 0.222 e. The Balaban J connectivity index is 2.23. The number of hydrogen-bond acceptors (Lipinski definition) is 4. The molecule has 0 aliphatic heterocycles. The van der Waals surface area contributed by atoms with Gasteiger partial charge in [-0.15, -0.1) is 0 Å². The maximum absolute atomic E-state index is 6.28. The molecule has 1 saturated carbocycles. The molecule has 118 valence electrons. The van der Waals surface area contributed by atoms with Crippen LogP contribution in [0.3, 0.4) is 0 Å². The van der Waals surface area contributed by atoms with Crippen LogP contribution < -0.4 is 10.1 Å². The highest BCUT2D eigenvalue weighted by molar-refractivity contribution is 5.48. The molecule has 0 spiro atoms. The topological polar surface area (TPSA) is 47.0 Å². The molecule has 2 unspecified atom stereocenters. The summed E-state index contributed by atoms with van der Waals surface area (Å²) in [7, 11) is 0. The van der Waals surface area contributed by atoms with Crippen molar-refractivity contribution in [3.05, 3.63) is 11.4 Å². The van der Waals surface area contributed by atoms with Crippen molar-refractivity contribution in [2.24, 2.45) is 5.92 Å². The first-order valence-corrected chi connectivity index (χ1v) is 8.43. The Morgan fingerprint density at radius 1 is 1.19 bits per heavy atom. The molecule has 2 atom stereocenters. The van der Waals surface area contributed by atoms with Gasteiger partial charge in [0.05, 0.1) is 5.56 Å². The van der Waals surface area contributed by atoms with Gasteiger partial charge in [0.1, 0.15) is 17.7 Å². The van der Waals surface area contributed by atoms with Gasteiger partial charge in [0.15, 0.2) is 0 Å². The number of aryl methyl sites for hydroxylation is 1. The first-order chi connectivity index (χ1) is 10.2. The van der Waals surface area contributed by atoms with Gasteiger partial charge in [0.25, 0.3) is 0 Å². The Labute approximate surface area is 128 Å². The molecule has 1 N–H and O–H groups in total. The molecule has 0 radical (unpaired) electrons. The smallest absolute Gasteiger partial charge is 0.222 e. The summed E-state index contributed by atoms with van der Waals surface area (Å²) in [6.07, 6.45) is 7.25. The standard InChI is InChI=1S/C17H29N3O/c1-5-9-15-19-16(18-6-2)13(4)17(20-15)21-14-11-8-7-10-12(14)3/h12,14H,5-11H2,1-4H3,(H,18,19,20). The van der Waals surface area contributed by atoms with Gasteiger partial charge >= 0.3 is 0 Å². The fourth-order valence-electron chi connectivity index (χ4n) is 2.93. The summed E-state index contributed by atoms with van der Waals surface area (Å²) in [4.78, 5) is 9.28. The van der Waals surface area contributed by atoms with Crippen LogP contribution in [0.4, 0.5) is 5.82 Å². The second-order valence-electron chi connectivity index (χ2n) is 6.12. The molecule has 1 aliphatic carbocycles. The number of rotatable bonds is 6. The Morgan fingerprint density at radius 2 is 1.95 bits per heavy atom. The van der Waals surface area contributed by atoms with Crippen molar-refractivity contribution >= 4 is 5.82 Å². The van der Waals surface area contributed by atoms with Crippen LogP contribution in [0.25, 0.3) is 0 Å². The third-order valence-electron chi connectivity index (χ3n) is 4.26. The van der Waals surface area contributed by atoms with Crippen LogP contribution in [0, 0.1) is 12.8 Å². The second-order valence-corrected chi connectivity index (χ2v) is 6.12. The fourth-order valence-corrected chi connectivity index (χ4v) is 2.93. The Bertz CT molecular complexity index is 462. The molecule has 21 heavy (non-hydrogen) atoms. The van der Waals surface area contributed by atoms with Crippen molar-refractivity contribution in [3.63, 3.8) is 0 Å². The van der Waals surface area contributed by atoms with E-state index in [4.69, 9.17) is 4.74 Å². The van der Waals surface area contributed by atoms with Crippen molar-refractivity contribution in [3.8, 4) is 5.88 Å². The van der Waals surface area contributed by atoms with Gasteiger partial charge in [0, 0.05) is 13.0 Å². The third kappa shape index (κ3) is 4.08. The van der Waals surface area contributed by atoms with Crippen molar-refractivity contribution in [2.45, 2.75) is 72.3 Å². The Hall–Kier alpha value is -1.32. The zero-order chi connectivity index (χ0) is 15.2. The maximum atomic E-state index is 6.28. The van der Waals surface area contributed by atoms with E-state index in [1.54, 1.807) is 0 Å². The molecule has 1 fully saturated rings. The number of nitrogens with one attached hydrogen (secondary N) is 1. The van der Waals surface area contributed by atoms with E-state index in [9.17, 15) is 0 Å². The molecule has 4 nitrogen and oxygen atoms in total. The molecule has 0 saturated heterocycles. The van der Waals surface area contributed by atoms with E-state index in [1.807, 2.05) is 0 Å². The van der Waals surface area contributed by atoms with Crippen LogP contribution in [0.1, 0.15) is 64.3 Å². The quantitative estimate of drug-likeness (QED) is 0.856. The largest absolute Gasteiger partial charge is 0.474 e. The number of nitrogens with zero attached hydrogens (tertiary/aromatic N) is 2. The summed E-state index contributed by atoms with van der Waals surface area (Å²) in [5, 5.41) is 3.33. The van der Waals surface area contributed by atoms with Gasteiger partial charge in [0.2, 0.25) is 5.88 Å². The predicted octanol–water partition coefficient (Wildman–Crippen LogP) is 4.13. The number of anilines is 1. The lowest BCUT2D eigenvalue weighted by Gasteiger charge is -2.29. The normalized spacial score (nSPS) is 22.1. The zero-order valence-corrected chi connectivity index (χ0v) is 13.9. The van der Waals surface area contributed by atoms with Gasteiger partial charge in [-0.25, -0.2) is 4.98 Å². The second kappa shape index (κ2) is 7.62. The van der Waals surface area contributed by atoms with E-state index < -0.39 is 0 Å². The van der Waals surface area contributed by atoms with Gasteiger partial charge in [-0.1, -0.05) is 20.3 Å². The van der Waals surface area contributed by atoms with E-state index in [0.717, 1.165) is 48.9 Å². The van der Waals surface area contributed by atoms with Gasteiger partial charge < -0.3 is 10.1 Å². The minimum absolute atomic E-state index is 0.302. The summed E-state index contributed by atoms with van der Waals surface area (Å²) in [5.74, 6) is 3.21. The van der Waals surface area contributed by atoms with Crippen LogP contribution in [0.5, 0.6) is 5.88 Å². The minimum atomic E-state index is 0.302. The van der Waals surface area contributed by atoms with Gasteiger partial charge in [-0.05, 0) is 45.4 Å². The predicted molar refractivity (Wildman–Crippen MR) is 87.0 cm³/mol. The molecule has 0 aromatic carbocycles. The minimum Gasteiger partial charge on any atom is -0.474 e. The molecule has 1 heterocycles. The van der Waals surface area contributed by atoms with Crippen LogP contribution >= 0.6 is 0 Å².